The molecule has 0 unspecified atom stereocenters. The molecule has 4 nitrogen and oxygen atoms in total. The summed E-state index contributed by atoms with van der Waals surface area (Å²) in [6.45, 7) is 6.36. The van der Waals surface area contributed by atoms with Gasteiger partial charge in [-0.3, -0.25) is 0 Å². The van der Waals surface area contributed by atoms with Crippen LogP contribution < -0.4 is 4.58 Å². The van der Waals surface area contributed by atoms with Gasteiger partial charge in [0.25, 0.3) is 0 Å². The Bertz CT molecular complexity index is 733. The van der Waals surface area contributed by atoms with E-state index >= 15 is 0 Å². The maximum Gasteiger partial charge on any atom is 0.497 e. The van der Waals surface area contributed by atoms with Crippen molar-refractivity contribution in [3.63, 3.8) is 0 Å². The molecule has 1 aromatic carbocycles. The Morgan fingerprint density at radius 2 is 1.80 bits per heavy atom. The molecule has 0 radical (unpaired) electrons. The molecule has 0 saturated carbocycles. The largest absolute Gasteiger partial charge is 0.497 e. The number of nitrogens with zero attached hydrogens (tertiary/aromatic N) is 4. The number of benzene rings is 1. The normalized spacial score (nSPS) is 13.8. The Morgan fingerprint density at radius 1 is 1.10 bits per heavy atom. The van der Waals surface area contributed by atoms with Crippen molar-refractivity contribution in [3.05, 3.63) is 42.4 Å². The minimum absolute atomic E-state index is 0.0709. The van der Waals surface area contributed by atoms with Gasteiger partial charge in [-0.1, -0.05) is 43.5 Å². The zero-order chi connectivity index (χ0) is 14.3. The highest BCUT2D eigenvalue weighted by Gasteiger charge is 2.37. The van der Waals surface area contributed by atoms with Gasteiger partial charge in [-0.15, -0.1) is 0 Å². The highest BCUT2D eigenvalue weighted by atomic mass is 15.2. The van der Waals surface area contributed by atoms with E-state index in [0.29, 0.717) is 0 Å². The molecule has 0 bridgehead atoms. The minimum Gasteiger partial charge on any atom is -0.233 e. The quantitative estimate of drug-likeness (QED) is 0.743. The lowest BCUT2D eigenvalue weighted by Crippen LogP contribution is -2.17. The molecule has 2 heterocycles. The Morgan fingerprint density at radius 3 is 2.45 bits per heavy atom. The standard InChI is InChI=1S/C16H18N4/c1-16(2,3)15-17-10-13-14(18-15)20(11-19(13)4)12-8-6-5-7-9-12/h5-10H,1-4H3/q+2. The monoisotopic (exact) mass is 266 g/mol. The third-order valence-electron chi connectivity index (χ3n) is 3.26. The summed E-state index contributed by atoms with van der Waals surface area (Å²) in [7, 11) is 1.96. The smallest absolute Gasteiger partial charge is 0.233 e. The van der Waals surface area contributed by atoms with Crippen LogP contribution in [0.25, 0.3) is 0 Å². The number of fused-ring (bicyclic) bond motifs is 1. The Hall–Kier alpha value is -2.32. The summed E-state index contributed by atoms with van der Waals surface area (Å²) >= 11 is 0. The van der Waals surface area contributed by atoms with Crippen molar-refractivity contribution in [3.8, 4) is 0 Å². The Balaban J connectivity index is 2.17. The van der Waals surface area contributed by atoms with Crippen molar-refractivity contribution in [1.29, 1.82) is 0 Å². The average molecular weight is 266 g/mol. The van der Waals surface area contributed by atoms with E-state index in [1.54, 1.807) is 0 Å². The summed E-state index contributed by atoms with van der Waals surface area (Å²) in [5, 5.41) is 0. The van der Waals surface area contributed by atoms with Crippen molar-refractivity contribution in [2.24, 2.45) is 0 Å². The van der Waals surface area contributed by atoms with Gasteiger partial charge in [0.15, 0.2) is 7.05 Å². The van der Waals surface area contributed by atoms with Crippen molar-refractivity contribution in [1.82, 2.24) is 14.5 Å². The van der Waals surface area contributed by atoms with Gasteiger partial charge < -0.3 is 0 Å². The fraction of sp³-hybridized carbons (Fsp3) is 0.312. The van der Waals surface area contributed by atoms with Crippen molar-refractivity contribution < 1.29 is 4.58 Å². The van der Waals surface area contributed by atoms with Crippen LogP contribution in [0.2, 0.25) is 0 Å². The maximum absolute atomic E-state index is 4.74. The van der Waals surface area contributed by atoms with Gasteiger partial charge >= 0.3 is 17.5 Å². The van der Waals surface area contributed by atoms with Crippen molar-refractivity contribution in [2.75, 3.05) is 7.05 Å². The van der Waals surface area contributed by atoms with Crippen molar-refractivity contribution >= 4 is 23.2 Å². The summed E-state index contributed by atoms with van der Waals surface area (Å²) in [6.07, 6.45) is 1.87. The second-order valence-corrected chi connectivity index (χ2v) is 5.98. The first-order valence-electron chi connectivity index (χ1n) is 6.69. The lowest BCUT2D eigenvalue weighted by atomic mass is 9.96. The molecule has 0 saturated heterocycles. The predicted octanol–water partition coefficient (Wildman–Crippen LogP) is 3.07. The van der Waals surface area contributed by atoms with E-state index in [-0.39, 0.29) is 5.41 Å². The summed E-state index contributed by atoms with van der Waals surface area (Å²) in [5.41, 5.74) is 1.96. The molecular weight excluding hydrogens is 248 g/mol. The van der Waals surface area contributed by atoms with E-state index in [4.69, 9.17) is 4.98 Å². The molecule has 2 aromatic rings. The fourth-order valence-corrected chi connectivity index (χ4v) is 2.14. The van der Waals surface area contributed by atoms with Gasteiger partial charge in [-0.2, -0.15) is 4.98 Å². The van der Waals surface area contributed by atoms with E-state index in [1.807, 2.05) is 40.6 Å². The second kappa shape index (κ2) is 4.36. The summed E-state index contributed by atoms with van der Waals surface area (Å²) < 4.78 is 3.90. The number of rotatable bonds is 1. The second-order valence-electron chi connectivity index (χ2n) is 5.98. The average Bonchev–Trinajstić information content (AvgIpc) is 2.76. The first-order chi connectivity index (χ1) is 9.47. The third-order valence-corrected chi connectivity index (χ3v) is 3.26. The molecule has 1 aliphatic heterocycles. The molecule has 0 fully saturated rings. The van der Waals surface area contributed by atoms with Crippen LogP contribution in [0, 0.1) is 0 Å². The van der Waals surface area contributed by atoms with Crippen LogP contribution in [-0.2, 0) is 5.41 Å². The van der Waals surface area contributed by atoms with E-state index in [0.717, 1.165) is 23.0 Å². The van der Waals surface area contributed by atoms with Gasteiger partial charge in [-0.25, -0.2) is 4.98 Å². The fourth-order valence-electron chi connectivity index (χ4n) is 2.14. The zero-order valence-electron chi connectivity index (χ0n) is 12.3. The molecule has 0 aliphatic carbocycles. The maximum atomic E-state index is 4.74. The molecule has 1 aromatic heterocycles. The van der Waals surface area contributed by atoms with Gasteiger partial charge in [0.1, 0.15) is 12.0 Å². The molecule has 1 aliphatic rings. The summed E-state index contributed by atoms with van der Waals surface area (Å²) in [5.74, 6) is 1.73. The predicted molar refractivity (Wildman–Crippen MR) is 79.5 cm³/mol. The Labute approximate surface area is 118 Å². The number of hydrogen-bond donors (Lipinski definition) is 0. The zero-order valence-corrected chi connectivity index (χ0v) is 12.3. The molecule has 0 atom stereocenters. The number of hydrogen-bond acceptors (Lipinski definition) is 2. The molecular formula is C16H18N4+2. The van der Waals surface area contributed by atoms with E-state index in [2.05, 4.69) is 43.9 Å². The molecule has 0 amide bonds. The number of aromatic nitrogens is 2. The first-order valence-corrected chi connectivity index (χ1v) is 6.69. The molecule has 20 heavy (non-hydrogen) atoms. The minimum atomic E-state index is -0.0709. The van der Waals surface area contributed by atoms with Crippen LogP contribution in [0.3, 0.4) is 0 Å². The summed E-state index contributed by atoms with van der Waals surface area (Å²) in [4.78, 5) is 9.22. The lowest BCUT2D eigenvalue weighted by molar-refractivity contribution is -0.394. The van der Waals surface area contributed by atoms with E-state index in [1.165, 1.54) is 0 Å². The van der Waals surface area contributed by atoms with Crippen LogP contribution in [0.4, 0.5) is 17.2 Å². The SMILES string of the molecule is C[N+]1=C=[N+](c2ccccc2)c2nc(C(C)(C)C)ncc21. The summed E-state index contributed by atoms with van der Waals surface area (Å²) in [6, 6.07) is 13.4. The van der Waals surface area contributed by atoms with Gasteiger partial charge in [0.05, 0.1) is 0 Å². The highest BCUT2D eigenvalue weighted by molar-refractivity contribution is 5.70. The van der Waals surface area contributed by atoms with Gasteiger partial charge in [0.2, 0.25) is 5.69 Å². The molecule has 3 rings (SSSR count). The molecule has 100 valence electrons. The van der Waals surface area contributed by atoms with E-state index in [9.17, 15) is 0 Å². The topological polar surface area (TPSA) is 31.8 Å². The van der Waals surface area contributed by atoms with Gasteiger partial charge in [-0.05, 0) is 4.58 Å². The van der Waals surface area contributed by atoms with Crippen molar-refractivity contribution in [2.45, 2.75) is 26.2 Å². The highest BCUT2D eigenvalue weighted by Crippen LogP contribution is 2.31. The number of para-hydroxylation sites is 1. The van der Waals surface area contributed by atoms with Crippen LogP contribution in [-0.4, -0.2) is 27.6 Å². The molecule has 4 heteroatoms. The van der Waals surface area contributed by atoms with Crippen LogP contribution in [0.15, 0.2) is 36.5 Å². The van der Waals surface area contributed by atoms with Gasteiger partial charge in [0, 0.05) is 17.5 Å². The van der Waals surface area contributed by atoms with Crippen LogP contribution >= 0.6 is 0 Å². The molecule has 0 N–H and O–H groups in total. The van der Waals surface area contributed by atoms with Crippen LogP contribution in [0.5, 0.6) is 0 Å². The Kier molecular flexibility index (Phi) is 2.77. The first kappa shape index (κ1) is 12.7. The third kappa shape index (κ3) is 2.04. The van der Waals surface area contributed by atoms with E-state index < -0.39 is 0 Å². The molecule has 0 spiro atoms. The van der Waals surface area contributed by atoms with Crippen LogP contribution in [0.1, 0.15) is 26.6 Å². The lowest BCUT2D eigenvalue weighted by Gasteiger charge is -2.14.